The van der Waals surface area contributed by atoms with E-state index in [9.17, 15) is 9.50 Å². The zero-order valence-electron chi connectivity index (χ0n) is 10.5. The zero-order chi connectivity index (χ0) is 14.2. The molecule has 0 atom stereocenters. The molecule has 4 nitrogen and oxygen atoms in total. The van der Waals surface area contributed by atoms with Gasteiger partial charge >= 0.3 is 0 Å². The molecule has 0 fully saturated rings. The molecule has 0 aliphatic rings. The molecular formula is C13H13FIN3O. The van der Waals surface area contributed by atoms with E-state index < -0.39 is 11.6 Å². The molecule has 0 saturated heterocycles. The van der Waals surface area contributed by atoms with Crippen molar-refractivity contribution in [1.82, 2.24) is 9.97 Å². The number of phenols is 1. The second-order valence-corrected chi connectivity index (χ2v) is 5.53. The summed E-state index contributed by atoms with van der Waals surface area (Å²) in [5.41, 5.74) is 7.18. The first-order valence-corrected chi connectivity index (χ1v) is 6.79. The minimum atomic E-state index is -0.704. The highest BCUT2D eigenvalue weighted by Crippen LogP contribution is 2.28. The van der Waals surface area contributed by atoms with Crippen LogP contribution in [0.25, 0.3) is 11.4 Å². The molecule has 0 amide bonds. The molecule has 0 unspecified atom stereocenters. The van der Waals surface area contributed by atoms with E-state index in [0.29, 0.717) is 17.2 Å². The van der Waals surface area contributed by atoms with Gasteiger partial charge in [0.25, 0.3) is 0 Å². The third kappa shape index (κ3) is 2.78. The maximum absolute atomic E-state index is 13.4. The van der Waals surface area contributed by atoms with Crippen LogP contribution in [0.5, 0.6) is 5.75 Å². The van der Waals surface area contributed by atoms with Crippen molar-refractivity contribution < 1.29 is 9.50 Å². The number of nitrogens with two attached hydrogens (primary N) is 1. The minimum Gasteiger partial charge on any atom is -0.505 e. The molecule has 0 saturated carbocycles. The summed E-state index contributed by atoms with van der Waals surface area (Å²) in [6, 6.07) is 4.03. The number of phenolic OH excluding ortho intramolecular Hbond substituents is 1. The van der Waals surface area contributed by atoms with E-state index in [-0.39, 0.29) is 5.92 Å². The van der Waals surface area contributed by atoms with Crippen molar-refractivity contribution in [3.05, 3.63) is 33.3 Å². The first-order chi connectivity index (χ1) is 8.90. The van der Waals surface area contributed by atoms with Gasteiger partial charge in [0.15, 0.2) is 17.4 Å². The molecule has 0 bridgehead atoms. The predicted octanol–water partition coefficient (Wildman–Crippen LogP) is 3.30. The molecule has 1 aromatic heterocycles. The number of nitrogen functional groups attached to an aromatic ring is 1. The summed E-state index contributed by atoms with van der Waals surface area (Å²) in [4.78, 5) is 8.59. The van der Waals surface area contributed by atoms with E-state index >= 15 is 0 Å². The summed E-state index contributed by atoms with van der Waals surface area (Å²) in [6.07, 6.45) is 0. The van der Waals surface area contributed by atoms with Crippen molar-refractivity contribution in [1.29, 1.82) is 0 Å². The largest absolute Gasteiger partial charge is 0.505 e. The van der Waals surface area contributed by atoms with Crippen molar-refractivity contribution in [2.45, 2.75) is 19.8 Å². The number of aromatic hydroxyl groups is 1. The second-order valence-electron chi connectivity index (χ2n) is 4.45. The van der Waals surface area contributed by atoms with Crippen molar-refractivity contribution in [3.63, 3.8) is 0 Å². The average Bonchev–Trinajstić information content (AvgIpc) is 2.35. The Labute approximate surface area is 124 Å². The van der Waals surface area contributed by atoms with E-state index in [0.717, 1.165) is 9.26 Å². The van der Waals surface area contributed by atoms with Crippen molar-refractivity contribution in [2.75, 3.05) is 5.73 Å². The van der Waals surface area contributed by atoms with Crippen LogP contribution in [-0.2, 0) is 0 Å². The molecule has 0 aliphatic heterocycles. The van der Waals surface area contributed by atoms with E-state index in [1.165, 1.54) is 12.1 Å². The van der Waals surface area contributed by atoms with E-state index in [4.69, 9.17) is 5.73 Å². The topological polar surface area (TPSA) is 72.0 Å². The molecule has 0 aliphatic carbocycles. The van der Waals surface area contributed by atoms with Crippen LogP contribution in [0, 0.1) is 9.39 Å². The fraction of sp³-hybridized carbons (Fsp3) is 0.231. The molecule has 0 radical (unpaired) electrons. The summed E-state index contributed by atoms with van der Waals surface area (Å²) >= 11 is 2.10. The van der Waals surface area contributed by atoms with Crippen LogP contribution in [0.15, 0.2) is 18.2 Å². The fourth-order valence-corrected chi connectivity index (χ4v) is 2.50. The van der Waals surface area contributed by atoms with Gasteiger partial charge < -0.3 is 10.8 Å². The molecular weight excluding hydrogens is 360 g/mol. The van der Waals surface area contributed by atoms with E-state index in [1.807, 2.05) is 13.8 Å². The molecule has 100 valence electrons. The number of nitrogens with zero attached hydrogens (tertiary/aromatic N) is 2. The quantitative estimate of drug-likeness (QED) is 0.793. The monoisotopic (exact) mass is 373 g/mol. The Bertz CT molecular complexity index is 632. The van der Waals surface area contributed by atoms with E-state index in [2.05, 4.69) is 32.6 Å². The van der Waals surface area contributed by atoms with Crippen LogP contribution in [0.2, 0.25) is 0 Å². The van der Waals surface area contributed by atoms with Crippen molar-refractivity contribution in [2.24, 2.45) is 0 Å². The van der Waals surface area contributed by atoms with Gasteiger partial charge in [0.1, 0.15) is 5.82 Å². The second kappa shape index (κ2) is 5.28. The smallest absolute Gasteiger partial charge is 0.165 e. The molecule has 2 rings (SSSR count). The van der Waals surface area contributed by atoms with Gasteiger partial charge in [-0.3, -0.25) is 0 Å². The Balaban J connectivity index is 2.59. The van der Waals surface area contributed by atoms with Crippen molar-refractivity contribution >= 4 is 28.4 Å². The highest BCUT2D eigenvalue weighted by atomic mass is 127. The Morgan fingerprint density at radius 3 is 2.58 bits per heavy atom. The van der Waals surface area contributed by atoms with Gasteiger partial charge in [0.2, 0.25) is 0 Å². The maximum Gasteiger partial charge on any atom is 0.165 e. The lowest BCUT2D eigenvalue weighted by molar-refractivity contribution is 0.432. The number of anilines is 1. The number of halogens is 2. The standard InChI is InChI=1S/C13H13FIN3O/c1-6(2)11-10(15)12(16)18-13(17-11)7-3-4-9(19)8(14)5-7/h3-6,19H,1-2H3,(H2,16,17,18). The molecule has 6 heteroatoms. The number of aromatic nitrogens is 2. The van der Waals surface area contributed by atoms with Crippen LogP contribution >= 0.6 is 22.6 Å². The normalized spacial score (nSPS) is 11.0. The van der Waals surface area contributed by atoms with Crippen molar-refractivity contribution in [3.8, 4) is 17.1 Å². The van der Waals surface area contributed by atoms with Gasteiger partial charge in [-0.05, 0) is 46.7 Å². The highest BCUT2D eigenvalue weighted by Gasteiger charge is 2.15. The van der Waals surface area contributed by atoms with Crippen LogP contribution in [-0.4, -0.2) is 15.1 Å². The Kier molecular flexibility index (Phi) is 3.88. The number of hydrogen-bond acceptors (Lipinski definition) is 4. The van der Waals surface area contributed by atoms with Gasteiger partial charge in [-0.2, -0.15) is 0 Å². The van der Waals surface area contributed by atoms with Gasteiger partial charge in [-0.25, -0.2) is 14.4 Å². The lowest BCUT2D eigenvalue weighted by Gasteiger charge is -2.11. The van der Waals surface area contributed by atoms with E-state index in [1.54, 1.807) is 6.07 Å². The maximum atomic E-state index is 13.4. The van der Waals surface area contributed by atoms with Gasteiger partial charge in [-0.1, -0.05) is 13.8 Å². The molecule has 3 N–H and O–H groups in total. The van der Waals surface area contributed by atoms with Crippen LogP contribution in [0.4, 0.5) is 10.2 Å². The highest BCUT2D eigenvalue weighted by molar-refractivity contribution is 14.1. The Hall–Kier alpha value is -1.44. The van der Waals surface area contributed by atoms with Crippen LogP contribution < -0.4 is 5.73 Å². The number of rotatable bonds is 2. The molecule has 2 aromatic rings. The summed E-state index contributed by atoms with van der Waals surface area (Å²) < 4.78 is 14.2. The predicted molar refractivity (Wildman–Crippen MR) is 80.3 cm³/mol. The Morgan fingerprint density at radius 2 is 2.00 bits per heavy atom. The Morgan fingerprint density at radius 1 is 1.32 bits per heavy atom. The third-order valence-corrected chi connectivity index (χ3v) is 3.76. The minimum absolute atomic E-state index is 0.193. The summed E-state index contributed by atoms with van der Waals surface area (Å²) in [6.45, 7) is 4.01. The van der Waals surface area contributed by atoms with Crippen LogP contribution in [0.3, 0.4) is 0 Å². The fourth-order valence-electron chi connectivity index (χ4n) is 1.64. The average molecular weight is 373 g/mol. The van der Waals surface area contributed by atoms with Gasteiger partial charge in [0.05, 0.1) is 9.26 Å². The lowest BCUT2D eigenvalue weighted by Crippen LogP contribution is -2.06. The summed E-state index contributed by atoms with van der Waals surface area (Å²) in [5, 5.41) is 9.19. The summed E-state index contributed by atoms with van der Waals surface area (Å²) in [7, 11) is 0. The summed E-state index contributed by atoms with van der Waals surface area (Å²) in [5.74, 6) is -0.170. The number of hydrogen-bond donors (Lipinski definition) is 2. The lowest BCUT2D eigenvalue weighted by atomic mass is 10.1. The first-order valence-electron chi connectivity index (χ1n) is 5.72. The van der Waals surface area contributed by atoms with Gasteiger partial charge in [-0.15, -0.1) is 0 Å². The molecule has 1 heterocycles. The molecule has 1 aromatic carbocycles. The van der Waals surface area contributed by atoms with Gasteiger partial charge in [0, 0.05) is 5.56 Å². The SMILES string of the molecule is CC(C)c1nc(-c2ccc(O)c(F)c2)nc(N)c1I. The van der Waals surface area contributed by atoms with Crippen LogP contribution in [0.1, 0.15) is 25.5 Å². The molecule has 0 spiro atoms. The zero-order valence-corrected chi connectivity index (χ0v) is 12.6. The molecule has 19 heavy (non-hydrogen) atoms. The third-order valence-electron chi connectivity index (χ3n) is 2.66. The number of benzene rings is 1. The first kappa shape index (κ1) is 14.0.